The van der Waals surface area contributed by atoms with Gasteiger partial charge in [-0.1, -0.05) is 49.0 Å². The van der Waals surface area contributed by atoms with Crippen LogP contribution in [-0.4, -0.2) is 27.0 Å². The summed E-state index contributed by atoms with van der Waals surface area (Å²) in [5.74, 6) is 1.35. The van der Waals surface area contributed by atoms with Crippen molar-refractivity contribution < 1.29 is 9.32 Å². The van der Waals surface area contributed by atoms with Gasteiger partial charge in [0.2, 0.25) is 5.13 Å². The van der Waals surface area contributed by atoms with Crippen molar-refractivity contribution in [3.8, 4) is 0 Å². The summed E-state index contributed by atoms with van der Waals surface area (Å²) >= 11 is 2.96. The van der Waals surface area contributed by atoms with Gasteiger partial charge in [-0.25, -0.2) is 0 Å². The minimum atomic E-state index is -0.253. The number of carbonyl (C=O) groups is 1. The van der Waals surface area contributed by atoms with Crippen molar-refractivity contribution in [1.82, 2.24) is 15.4 Å². The number of nitrogens with zero attached hydrogens (tertiary/aromatic N) is 3. The van der Waals surface area contributed by atoms with E-state index >= 15 is 0 Å². The molecule has 108 valence electrons. The summed E-state index contributed by atoms with van der Waals surface area (Å²) < 4.78 is 6.05. The predicted octanol–water partition coefficient (Wildman–Crippen LogP) is 3.32. The van der Waals surface area contributed by atoms with Crippen LogP contribution in [0.2, 0.25) is 0 Å². The molecule has 0 aromatic carbocycles. The Morgan fingerprint density at radius 1 is 1.45 bits per heavy atom. The largest absolute Gasteiger partial charge is 0.360 e. The Kier molecular flexibility index (Phi) is 4.77. The Hall–Kier alpha value is -1.41. The number of carbonyl (C=O) groups excluding carboxylic acids is 1. The van der Waals surface area contributed by atoms with Gasteiger partial charge in [-0.05, 0) is 12.7 Å². The van der Waals surface area contributed by atoms with E-state index < -0.39 is 0 Å². The molecule has 2 rings (SSSR count). The van der Waals surface area contributed by atoms with Gasteiger partial charge < -0.3 is 4.52 Å². The lowest BCUT2D eigenvalue weighted by Crippen LogP contribution is -2.14. The maximum absolute atomic E-state index is 12.3. The highest BCUT2D eigenvalue weighted by molar-refractivity contribution is 8.01. The number of hydrogen-bond donors (Lipinski definition) is 1. The fourth-order valence-corrected chi connectivity index (χ4v) is 3.30. The second-order valence-corrected chi connectivity index (χ2v) is 6.91. The molecular formula is C12H16N4O2S2. The molecule has 0 radical (unpaired) electrons. The van der Waals surface area contributed by atoms with Crippen LogP contribution in [0.4, 0.5) is 5.13 Å². The van der Waals surface area contributed by atoms with E-state index in [2.05, 4.69) is 20.7 Å². The molecule has 2 aromatic heterocycles. The van der Waals surface area contributed by atoms with E-state index in [0.717, 1.165) is 10.1 Å². The molecular weight excluding hydrogens is 296 g/mol. The Labute approximate surface area is 125 Å². The van der Waals surface area contributed by atoms with Crippen molar-refractivity contribution in [3.63, 3.8) is 0 Å². The molecule has 1 N–H and O–H groups in total. The second kappa shape index (κ2) is 6.36. The Morgan fingerprint density at radius 2 is 2.20 bits per heavy atom. The highest BCUT2D eigenvalue weighted by atomic mass is 32.2. The summed E-state index contributed by atoms with van der Waals surface area (Å²) in [6, 6.07) is 0. The normalized spacial score (nSPS) is 11.1. The first-order chi connectivity index (χ1) is 9.52. The van der Waals surface area contributed by atoms with Crippen LogP contribution in [0.3, 0.4) is 0 Å². The van der Waals surface area contributed by atoms with Crippen LogP contribution in [0.5, 0.6) is 0 Å². The first-order valence-electron chi connectivity index (χ1n) is 6.26. The monoisotopic (exact) mass is 312 g/mol. The molecule has 0 atom stereocenters. The number of rotatable bonds is 5. The number of anilines is 1. The summed E-state index contributed by atoms with van der Waals surface area (Å²) in [7, 11) is 0. The van der Waals surface area contributed by atoms with Crippen molar-refractivity contribution in [2.75, 3.05) is 11.1 Å². The predicted molar refractivity (Wildman–Crippen MR) is 79.6 cm³/mol. The van der Waals surface area contributed by atoms with Crippen LogP contribution in [0.15, 0.2) is 8.86 Å². The van der Waals surface area contributed by atoms with Crippen LogP contribution in [0.25, 0.3) is 0 Å². The number of nitrogens with one attached hydrogen (secondary N) is 1. The van der Waals surface area contributed by atoms with Crippen molar-refractivity contribution in [2.45, 2.75) is 38.0 Å². The highest BCUT2D eigenvalue weighted by Gasteiger charge is 2.23. The Bertz CT molecular complexity index is 606. The minimum Gasteiger partial charge on any atom is -0.360 e. The number of hydrogen-bond acceptors (Lipinski definition) is 7. The zero-order valence-electron chi connectivity index (χ0n) is 11.8. The third-order valence-corrected chi connectivity index (χ3v) is 4.39. The average Bonchev–Trinajstić information content (AvgIpc) is 2.96. The van der Waals surface area contributed by atoms with Crippen LogP contribution < -0.4 is 5.32 Å². The van der Waals surface area contributed by atoms with Crippen molar-refractivity contribution in [1.29, 1.82) is 0 Å². The Balaban J connectivity index is 2.17. The van der Waals surface area contributed by atoms with E-state index in [1.165, 1.54) is 11.3 Å². The molecule has 0 bridgehead atoms. The lowest BCUT2D eigenvalue weighted by atomic mass is 10.0. The number of amides is 1. The van der Waals surface area contributed by atoms with Gasteiger partial charge in [-0.15, -0.1) is 10.2 Å². The summed E-state index contributed by atoms with van der Waals surface area (Å²) in [6.45, 7) is 7.71. The molecule has 0 saturated carbocycles. The molecule has 0 aliphatic carbocycles. The summed E-state index contributed by atoms with van der Waals surface area (Å²) in [6.07, 6.45) is 0. The molecule has 2 aromatic rings. The van der Waals surface area contributed by atoms with Crippen LogP contribution in [0.1, 0.15) is 48.5 Å². The van der Waals surface area contributed by atoms with Gasteiger partial charge in [0.05, 0.1) is 5.69 Å². The van der Waals surface area contributed by atoms with Crippen molar-refractivity contribution in [2.24, 2.45) is 0 Å². The minimum absolute atomic E-state index is 0.0950. The lowest BCUT2D eigenvalue weighted by Gasteiger charge is -2.04. The van der Waals surface area contributed by atoms with Gasteiger partial charge in [-0.3, -0.25) is 10.1 Å². The maximum Gasteiger partial charge on any atom is 0.263 e. The summed E-state index contributed by atoms with van der Waals surface area (Å²) in [4.78, 5) is 12.3. The van der Waals surface area contributed by atoms with Gasteiger partial charge in [0.15, 0.2) is 10.1 Å². The first-order valence-corrected chi connectivity index (χ1v) is 8.07. The number of thioether (sulfide) groups is 1. The molecule has 0 fully saturated rings. The molecule has 0 aliphatic rings. The molecule has 0 spiro atoms. The molecule has 0 aliphatic heterocycles. The van der Waals surface area contributed by atoms with Gasteiger partial charge in [0.1, 0.15) is 5.56 Å². The van der Waals surface area contributed by atoms with Gasteiger partial charge in [-0.2, -0.15) is 0 Å². The molecule has 2 heterocycles. The molecule has 8 heteroatoms. The lowest BCUT2D eigenvalue weighted by molar-refractivity contribution is 0.102. The fraction of sp³-hybridized carbons (Fsp3) is 0.500. The van der Waals surface area contributed by atoms with E-state index in [9.17, 15) is 4.79 Å². The van der Waals surface area contributed by atoms with Crippen LogP contribution >= 0.6 is 23.1 Å². The topological polar surface area (TPSA) is 80.9 Å². The van der Waals surface area contributed by atoms with E-state index in [4.69, 9.17) is 4.52 Å². The van der Waals surface area contributed by atoms with Gasteiger partial charge >= 0.3 is 0 Å². The maximum atomic E-state index is 12.3. The molecule has 0 saturated heterocycles. The highest BCUT2D eigenvalue weighted by Crippen LogP contribution is 2.27. The quantitative estimate of drug-likeness (QED) is 0.674. The summed E-state index contributed by atoms with van der Waals surface area (Å²) in [5, 5.41) is 15.1. The zero-order valence-corrected chi connectivity index (χ0v) is 13.4. The number of aromatic nitrogens is 3. The van der Waals surface area contributed by atoms with E-state index in [1.807, 2.05) is 20.8 Å². The van der Waals surface area contributed by atoms with E-state index in [0.29, 0.717) is 22.1 Å². The first kappa shape index (κ1) is 15.0. The average molecular weight is 312 g/mol. The summed E-state index contributed by atoms with van der Waals surface area (Å²) in [5.41, 5.74) is 1.07. The van der Waals surface area contributed by atoms with Crippen LogP contribution in [0, 0.1) is 6.92 Å². The third-order valence-electron chi connectivity index (χ3n) is 2.54. The van der Waals surface area contributed by atoms with Crippen molar-refractivity contribution in [3.05, 3.63) is 17.0 Å². The van der Waals surface area contributed by atoms with Gasteiger partial charge in [0, 0.05) is 5.92 Å². The second-order valence-electron chi connectivity index (χ2n) is 4.42. The zero-order chi connectivity index (χ0) is 14.7. The van der Waals surface area contributed by atoms with E-state index in [-0.39, 0.29) is 11.8 Å². The smallest absolute Gasteiger partial charge is 0.263 e. The fourth-order valence-electron chi connectivity index (χ4n) is 1.66. The molecule has 6 nitrogen and oxygen atoms in total. The van der Waals surface area contributed by atoms with Crippen LogP contribution in [-0.2, 0) is 0 Å². The van der Waals surface area contributed by atoms with Gasteiger partial charge in [0.25, 0.3) is 5.91 Å². The standard InChI is InChI=1S/C12H16N4O2S2/c1-5-19-12-15-14-11(20-12)13-10(17)8-7(4)16-18-9(8)6(2)3/h6H,5H2,1-4H3,(H,13,14,17). The molecule has 20 heavy (non-hydrogen) atoms. The van der Waals surface area contributed by atoms with Crippen molar-refractivity contribution >= 4 is 34.1 Å². The SMILES string of the molecule is CCSc1nnc(NC(=O)c2c(C)noc2C(C)C)s1. The third kappa shape index (κ3) is 3.18. The molecule has 1 amide bonds. The molecule has 0 unspecified atom stereocenters. The van der Waals surface area contributed by atoms with E-state index in [1.54, 1.807) is 18.7 Å². The number of aryl methyl sites for hydroxylation is 1. The Morgan fingerprint density at radius 3 is 2.85 bits per heavy atom.